The van der Waals surface area contributed by atoms with E-state index in [1.807, 2.05) is 21.8 Å². The zero-order valence-electron chi connectivity index (χ0n) is 12.9. The van der Waals surface area contributed by atoms with E-state index >= 15 is 0 Å². The van der Waals surface area contributed by atoms with Crippen LogP contribution in [0.15, 0.2) is 12.4 Å². The number of hydrogen-bond donors (Lipinski definition) is 1. The molecule has 1 aliphatic heterocycles. The van der Waals surface area contributed by atoms with Crippen LogP contribution in [0.2, 0.25) is 0 Å². The summed E-state index contributed by atoms with van der Waals surface area (Å²) in [5.41, 5.74) is 3.33. The number of nitrogens with zero attached hydrogens (tertiary/aromatic N) is 4. The third-order valence-electron chi connectivity index (χ3n) is 4.15. The molecule has 1 N–H and O–H groups in total. The molecule has 0 aliphatic carbocycles. The SMILES string of the molecule is CCn1ncc([C@H]2CC(=O)Nc3c2cnn3C(C)C)c1C. The van der Waals surface area contributed by atoms with E-state index in [4.69, 9.17) is 0 Å². The maximum atomic E-state index is 12.1. The quantitative estimate of drug-likeness (QED) is 0.943. The van der Waals surface area contributed by atoms with Gasteiger partial charge >= 0.3 is 0 Å². The number of amides is 1. The molecule has 21 heavy (non-hydrogen) atoms. The normalized spacial score (nSPS) is 18.0. The lowest BCUT2D eigenvalue weighted by Crippen LogP contribution is -2.25. The third-order valence-corrected chi connectivity index (χ3v) is 4.15. The Hall–Kier alpha value is -2.11. The van der Waals surface area contributed by atoms with Crippen molar-refractivity contribution in [3.05, 3.63) is 29.2 Å². The van der Waals surface area contributed by atoms with E-state index in [1.165, 1.54) is 0 Å². The first kappa shape index (κ1) is 13.9. The highest BCUT2D eigenvalue weighted by Gasteiger charge is 2.32. The Kier molecular flexibility index (Phi) is 3.31. The molecule has 0 aromatic carbocycles. The van der Waals surface area contributed by atoms with Crippen LogP contribution in [0.3, 0.4) is 0 Å². The molecule has 0 saturated heterocycles. The fraction of sp³-hybridized carbons (Fsp3) is 0.533. The van der Waals surface area contributed by atoms with Crippen molar-refractivity contribution in [2.24, 2.45) is 0 Å². The summed E-state index contributed by atoms with van der Waals surface area (Å²) in [7, 11) is 0. The molecule has 0 spiro atoms. The van der Waals surface area contributed by atoms with E-state index in [2.05, 4.69) is 43.2 Å². The number of anilines is 1. The van der Waals surface area contributed by atoms with E-state index in [0.29, 0.717) is 6.42 Å². The second-order valence-electron chi connectivity index (χ2n) is 5.79. The smallest absolute Gasteiger partial charge is 0.226 e. The van der Waals surface area contributed by atoms with Crippen LogP contribution >= 0.6 is 0 Å². The molecule has 112 valence electrons. The van der Waals surface area contributed by atoms with Crippen LogP contribution in [0.4, 0.5) is 5.82 Å². The Balaban J connectivity index is 2.09. The summed E-state index contributed by atoms with van der Waals surface area (Å²) in [6, 6.07) is 0.215. The molecule has 0 bridgehead atoms. The summed E-state index contributed by atoms with van der Waals surface area (Å²) in [6.07, 6.45) is 4.22. The second-order valence-corrected chi connectivity index (χ2v) is 5.79. The van der Waals surface area contributed by atoms with Crippen molar-refractivity contribution in [3.63, 3.8) is 0 Å². The molecule has 1 atom stereocenters. The highest BCUT2D eigenvalue weighted by atomic mass is 16.1. The van der Waals surface area contributed by atoms with Gasteiger partial charge in [0.05, 0.1) is 12.4 Å². The van der Waals surface area contributed by atoms with Crippen molar-refractivity contribution < 1.29 is 4.79 Å². The van der Waals surface area contributed by atoms with Gasteiger partial charge in [-0.15, -0.1) is 0 Å². The minimum absolute atomic E-state index is 0.0403. The van der Waals surface area contributed by atoms with Crippen LogP contribution in [0.1, 0.15) is 56.0 Å². The van der Waals surface area contributed by atoms with E-state index in [-0.39, 0.29) is 17.9 Å². The summed E-state index contributed by atoms with van der Waals surface area (Å²) >= 11 is 0. The van der Waals surface area contributed by atoms with Gasteiger partial charge in [0.2, 0.25) is 5.91 Å². The molecule has 1 aliphatic rings. The molecule has 2 aromatic heterocycles. The first-order valence-electron chi connectivity index (χ1n) is 7.42. The molecule has 3 heterocycles. The highest BCUT2D eigenvalue weighted by molar-refractivity contribution is 5.94. The summed E-state index contributed by atoms with van der Waals surface area (Å²) in [6.45, 7) is 9.08. The van der Waals surface area contributed by atoms with Gasteiger partial charge in [-0.25, -0.2) is 4.68 Å². The summed E-state index contributed by atoms with van der Waals surface area (Å²) in [5, 5.41) is 11.8. The Bertz CT molecular complexity index is 682. The zero-order valence-corrected chi connectivity index (χ0v) is 12.9. The number of carbonyl (C=O) groups excluding carboxylic acids is 1. The van der Waals surface area contributed by atoms with Gasteiger partial charge < -0.3 is 5.32 Å². The zero-order chi connectivity index (χ0) is 15.1. The van der Waals surface area contributed by atoms with Gasteiger partial charge in [-0.3, -0.25) is 9.48 Å². The van der Waals surface area contributed by atoms with Crippen molar-refractivity contribution in [2.75, 3.05) is 5.32 Å². The fourth-order valence-corrected chi connectivity index (χ4v) is 3.03. The molecule has 6 nitrogen and oxygen atoms in total. The lowest BCUT2D eigenvalue weighted by atomic mass is 9.87. The summed E-state index contributed by atoms with van der Waals surface area (Å²) in [4.78, 5) is 12.1. The number of carbonyl (C=O) groups is 1. The molecule has 2 aromatic rings. The van der Waals surface area contributed by atoms with Gasteiger partial charge in [0.1, 0.15) is 5.82 Å². The van der Waals surface area contributed by atoms with Crippen LogP contribution in [-0.2, 0) is 11.3 Å². The van der Waals surface area contributed by atoms with Crippen molar-refractivity contribution >= 4 is 11.7 Å². The standard InChI is InChI=1S/C15H21N5O/c1-5-19-10(4)12(7-16-19)11-6-14(21)18-15-13(11)8-17-20(15)9(2)3/h7-9,11H,5-6H2,1-4H3,(H,18,21)/t11-/m1/s1. The van der Waals surface area contributed by atoms with Crippen LogP contribution in [0.5, 0.6) is 0 Å². The highest BCUT2D eigenvalue weighted by Crippen LogP contribution is 2.38. The third kappa shape index (κ3) is 2.14. The van der Waals surface area contributed by atoms with Crippen LogP contribution in [0, 0.1) is 6.92 Å². The Morgan fingerprint density at radius 2 is 2.05 bits per heavy atom. The minimum Gasteiger partial charge on any atom is -0.311 e. The molecular formula is C15H21N5O. The molecular weight excluding hydrogens is 266 g/mol. The number of hydrogen-bond acceptors (Lipinski definition) is 3. The van der Waals surface area contributed by atoms with Crippen LogP contribution in [0.25, 0.3) is 0 Å². The van der Waals surface area contributed by atoms with E-state index < -0.39 is 0 Å². The molecule has 3 rings (SSSR count). The molecule has 0 fully saturated rings. The van der Waals surface area contributed by atoms with Gasteiger partial charge in [-0.1, -0.05) is 0 Å². The number of rotatable bonds is 3. The first-order chi connectivity index (χ1) is 10.0. The summed E-state index contributed by atoms with van der Waals surface area (Å²) in [5.74, 6) is 0.912. The second kappa shape index (κ2) is 5.02. The maximum Gasteiger partial charge on any atom is 0.226 e. The molecule has 0 unspecified atom stereocenters. The fourth-order valence-electron chi connectivity index (χ4n) is 3.03. The van der Waals surface area contributed by atoms with Gasteiger partial charge in [-0.2, -0.15) is 10.2 Å². The molecule has 6 heteroatoms. The minimum atomic E-state index is 0.0403. The number of fused-ring (bicyclic) bond motifs is 1. The van der Waals surface area contributed by atoms with Crippen molar-refractivity contribution in [1.29, 1.82) is 0 Å². The van der Waals surface area contributed by atoms with Gasteiger partial charge in [-0.05, 0) is 27.7 Å². The van der Waals surface area contributed by atoms with Crippen molar-refractivity contribution in [1.82, 2.24) is 19.6 Å². The predicted octanol–water partition coefficient (Wildman–Crippen LogP) is 2.46. The van der Waals surface area contributed by atoms with E-state index in [0.717, 1.165) is 29.2 Å². The maximum absolute atomic E-state index is 12.1. The number of aromatic nitrogens is 4. The van der Waals surface area contributed by atoms with Crippen molar-refractivity contribution in [3.8, 4) is 0 Å². The Morgan fingerprint density at radius 3 is 2.67 bits per heavy atom. The Labute approximate surface area is 124 Å². The summed E-state index contributed by atoms with van der Waals surface area (Å²) < 4.78 is 3.84. The van der Waals surface area contributed by atoms with Crippen molar-refractivity contribution in [2.45, 2.75) is 52.6 Å². The Morgan fingerprint density at radius 1 is 1.33 bits per heavy atom. The monoisotopic (exact) mass is 287 g/mol. The predicted molar refractivity (Wildman–Crippen MR) is 80.3 cm³/mol. The number of aryl methyl sites for hydroxylation is 1. The van der Waals surface area contributed by atoms with Gasteiger partial charge in [0.15, 0.2) is 0 Å². The molecule has 0 radical (unpaired) electrons. The average Bonchev–Trinajstić information content (AvgIpc) is 3.01. The van der Waals surface area contributed by atoms with E-state index in [9.17, 15) is 4.79 Å². The lowest BCUT2D eigenvalue weighted by molar-refractivity contribution is -0.116. The lowest BCUT2D eigenvalue weighted by Gasteiger charge is -2.24. The van der Waals surface area contributed by atoms with Crippen LogP contribution in [-0.4, -0.2) is 25.5 Å². The van der Waals surface area contributed by atoms with Gasteiger partial charge in [0.25, 0.3) is 0 Å². The van der Waals surface area contributed by atoms with E-state index in [1.54, 1.807) is 0 Å². The largest absolute Gasteiger partial charge is 0.311 e. The first-order valence-corrected chi connectivity index (χ1v) is 7.42. The number of nitrogens with one attached hydrogen (secondary N) is 1. The molecule has 1 amide bonds. The molecule has 0 saturated carbocycles. The van der Waals surface area contributed by atoms with Gasteiger partial charge in [0, 0.05) is 41.7 Å². The average molecular weight is 287 g/mol. The van der Waals surface area contributed by atoms with Crippen LogP contribution < -0.4 is 5.32 Å². The topological polar surface area (TPSA) is 64.7 Å².